The Morgan fingerprint density at radius 3 is 2.16 bits per heavy atom. The van der Waals surface area contributed by atoms with E-state index in [2.05, 4.69) is 78.0 Å². The molecule has 0 fully saturated rings. The van der Waals surface area contributed by atoms with E-state index in [1.54, 1.807) is 0 Å². The predicted octanol–water partition coefficient (Wildman–Crippen LogP) is 5.48. The summed E-state index contributed by atoms with van der Waals surface area (Å²) < 4.78 is 0. The van der Waals surface area contributed by atoms with Crippen LogP contribution in [-0.4, -0.2) is 4.83 Å². The largest absolute Gasteiger partial charge is 0.102 e. The van der Waals surface area contributed by atoms with Crippen molar-refractivity contribution in [2.75, 3.05) is 0 Å². The summed E-state index contributed by atoms with van der Waals surface area (Å²) in [7, 11) is 0. The highest BCUT2D eigenvalue weighted by Gasteiger charge is 2.10. The van der Waals surface area contributed by atoms with E-state index in [1.807, 2.05) is 12.1 Å². The first-order valence-corrected chi connectivity index (χ1v) is 7.53. The summed E-state index contributed by atoms with van der Waals surface area (Å²) in [5, 5.41) is 0. The molecule has 0 heterocycles. The number of benzene rings is 2. The highest BCUT2D eigenvalue weighted by molar-refractivity contribution is 9.09. The quantitative estimate of drug-likeness (QED) is 0.506. The molecule has 0 bridgehead atoms. The molecule has 1 heteroatoms. The fourth-order valence-electron chi connectivity index (χ4n) is 2.18. The van der Waals surface area contributed by atoms with E-state index in [1.165, 1.54) is 16.7 Å². The standard InChI is InChI=1S/C18H19Br/c1-3-18(19)14(2)13-15-9-11-17(12-10-15)16-7-5-4-6-8-16/h3-12,14,18H,1,13H2,2H3/t14-,18?/m1/s1. The molecule has 2 aromatic rings. The Morgan fingerprint density at radius 2 is 1.58 bits per heavy atom. The van der Waals surface area contributed by atoms with E-state index in [4.69, 9.17) is 0 Å². The summed E-state index contributed by atoms with van der Waals surface area (Å²) in [5.74, 6) is 0.556. The van der Waals surface area contributed by atoms with Crippen LogP contribution in [0.15, 0.2) is 67.3 Å². The fourth-order valence-corrected chi connectivity index (χ4v) is 2.37. The lowest BCUT2D eigenvalue weighted by Crippen LogP contribution is -2.10. The summed E-state index contributed by atoms with van der Waals surface area (Å²) in [6.07, 6.45) is 3.03. The van der Waals surface area contributed by atoms with Crippen LogP contribution in [0.4, 0.5) is 0 Å². The van der Waals surface area contributed by atoms with Gasteiger partial charge in [0.05, 0.1) is 0 Å². The van der Waals surface area contributed by atoms with Crippen LogP contribution in [0.1, 0.15) is 12.5 Å². The SMILES string of the molecule is C=CC(Br)[C@H](C)Cc1ccc(-c2ccccc2)cc1. The number of hydrogen-bond acceptors (Lipinski definition) is 0. The highest BCUT2D eigenvalue weighted by atomic mass is 79.9. The van der Waals surface area contributed by atoms with Crippen LogP contribution in [0.3, 0.4) is 0 Å². The van der Waals surface area contributed by atoms with Gasteiger partial charge >= 0.3 is 0 Å². The first-order chi connectivity index (χ1) is 9.20. The average Bonchev–Trinajstić information content (AvgIpc) is 2.48. The summed E-state index contributed by atoms with van der Waals surface area (Å²) >= 11 is 3.63. The molecular formula is C18H19Br. The molecule has 1 unspecified atom stereocenters. The van der Waals surface area contributed by atoms with E-state index in [-0.39, 0.29) is 0 Å². The van der Waals surface area contributed by atoms with Crippen LogP contribution in [0, 0.1) is 5.92 Å². The average molecular weight is 315 g/mol. The van der Waals surface area contributed by atoms with E-state index in [9.17, 15) is 0 Å². The van der Waals surface area contributed by atoms with Crippen molar-refractivity contribution >= 4 is 15.9 Å². The molecule has 0 radical (unpaired) electrons. The third-order valence-electron chi connectivity index (χ3n) is 3.39. The third-order valence-corrected chi connectivity index (χ3v) is 4.66. The summed E-state index contributed by atoms with van der Waals surface area (Å²) in [6, 6.07) is 19.3. The van der Waals surface area contributed by atoms with Gasteiger partial charge in [0, 0.05) is 4.83 Å². The maximum absolute atomic E-state index is 3.83. The van der Waals surface area contributed by atoms with Gasteiger partial charge in [-0.25, -0.2) is 0 Å². The van der Waals surface area contributed by atoms with E-state index in [0.717, 1.165) is 6.42 Å². The lowest BCUT2D eigenvalue weighted by Gasteiger charge is -2.15. The van der Waals surface area contributed by atoms with Crippen molar-refractivity contribution in [3.8, 4) is 11.1 Å². The van der Waals surface area contributed by atoms with Crippen molar-refractivity contribution in [1.82, 2.24) is 0 Å². The first kappa shape index (κ1) is 14.1. The molecule has 0 aliphatic carbocycles. The Balaban J connectivity index is 2.09. The molecule has 0 nitrogen and oxygen atoms in total. The lowest BCUT2D eigenvalue weighted by atomic mass is 9.96. The molecule has 0 amide bonds. The number of rotatable bonds is 5. The Morgan fingerprint density at radius 1 is 1.00 bits per heavy atom. The Bertz CT molecular complexity index is 513. The Kier molecular flexibility index (Phi) is 4.98. The molecule has 98 valence electrons. The highest BCUT2D eigenvalue weighted by Crippen LogP contribution is 2.22. The molecule has 0 aliphatic rings. The van der Waals surface area contributed by atoms with Crippen LogP contribution in [-0.2, 0) is 6.42 Å². The second kappa shape index (κ2) is 6.72. The van der Waals surface area contributed by atoms with Gasteiger partial charge in [0.15, 0.2) is 0 Å². The van der Waals surface area contributed by atoms with E-state index >= 15 is 0 Å². The number of halogens is 1. The van der Waals surface area contributed by atoms with Crippen LogP contribution in [0.5, 0.6) is 0 Å². The number of alkyl halides is 1. The molecule has 2 atom stereocenters. The maximum Gasteiger partial charge on any atom is 0.0351 e. The minimum Gasteiger partial charge on any atom is -0.102 e. The molecule has 0 spiro atoms. The second-order valence-electron chi connectivity index (χ2n) is 4.92. The molecule has 0 saturated heterocycles. The Labute approximate surface area is 124 Å². The van der Waals surface area contributed by atoms with Gasteiger partial charge in [0.1, 0.15) is 0 Å². The van der Waals surface area contributed by atoms with Crippen molar-refractivity contribution in [2.24, 2.45) is 5.92 Å². The monoisotopic (exact) mass is 314 g/mol. The van der Waals surface area contributed by atoms with Gasteiger partial charge in [-0.05, 0) is 29.0 Å². The molecule has 0 N–H and O–H groups in total. The maximum atomic E-state index is 3.83. The smallest absolute Gasteiger partial charge is 0.0351 e. The van der Waals surface area contributed by atoms with Crippen LogP contribution < -0.4 is 0 Å². The molecule has 19 heavy (non-hydrogen) atoms. The van der Waals surface area contributed by atoms with Gasteiger partial charge < -0.3 is 0 Å². The summed E-state index contributed by atoms with van der Waals surface area (Å²) in [5.41, 5.74) is 3.92. The minimum atomic E-state index is 0.376. The molecule has 2 rings (SSSR count). The summed E-state index contributed by atoms with van der Waals surface area (Å²) in [6.45, 7) is 6.07. The normalized spacial score (nSPS) is 13.8. The van der Waals surface area contributed by atoms with E-state index in [0.29, 0.717) is 10.7 Å². The zero-order chi connectivity index (χ0) is 13.7. The molecule has 2 aromatic carbocycles. The molecular weight excluding hydrogens is 296 g/mol. The van der Waals surface area contributed by atoms with Crippen molar-refractivity contribution in [3.05, 3.63) is 72.8 Å². The van der Waals surface area contributed by atoms with Crippen LogP contribution in [0.25, 0.3) is 11.1 Å². The van der Waals surface area contributed by atoms with Gasteiger partial charge in [-0.1, -0.05) is 83.5 Å². The van der Waals surface area contributed by atoms with Crippen molar-refractivity contribution in [3.63, 3.8) is 0 Å². The van der Waals surface area contributed by atoms with E-state index < -0.39 is 0 Å². The fraction of sp³-hybridized carbons (Fsp3) is 0.222. The number of hydrogen-bond donors (Lipinski definition) is 0. The Hall–Kier alpha value is -1.34. The minimum absolute atomic E-state index is 0.376. The first-order valence-electron chi connectivity index (χ1n) is 6.61. The lowest BCUT2D eigenvalue weighted by molar-refractivity contribution is 0.609. The molecule has 0 saturated carbocycles. The second-order valence-corrected chi connectivity index (χ2v) is 5.98. The van der Waals surface area contributed by atoms with Crippen molar-refractivity contribution in [2.45, 2.75) is 18.2 Å². The topological polar surface area (TPSA) is 0 Å². The molecule has 0 aromatic heterocycles. The third kappa shape index (κ3) is 3.81. The van der Waals surface area contributed by atoms with Gasteiger partial charge in [-0.2, -0.15) is 0 Å². The molecule has 0 aliphatic heterocycles. The van der Waals surface area contributed by atoms with Crippen molar-refractivity contribution < 1.29 is 0 Å². The van der Waals surface area contributed by atoms with Gasteiger partial charge in [0.2, 0.25) is 0 Å². The zero-order valence-corrected chi connectivity index (χ0v) is 12.8. The van der Waals surface area contributed by atoms with Crippen molar-refractivity contribution in [1.29, 1.82) is 0 Å². The van der Waals surface area contributed by atoms with Gasteiger partial charge in [-0.15, -0.1) is 6.58 Å². The van der Waals surface area contributed by atoms with Gasteiger partial charge in [0.25, 0.3) is 0 Å². The van der Waals surface area contributed by atoms with Crippen LogP contribution >= 0.6 is 15.9 Å². The number of allylic oxidation sites excluding steroid dienone is 1. The zero-order valence-electron chi connectivity index (χ0n) is 11.2. The predicted molar refractivity (Wildman–Crippen MR) is 87.7 cm³/mol. The summed E-state index contributed by atoms with van der Waals surface area (Å²) in [4.78, 5) is 0.376. The van der Waals surface area contributed by atoms with Crippen LogP contribution in [0.2, 0.25) is 0 Å². The van der Waals surface area contributed by atoms with Gasteiger partial charge in [-0.3, -0.25) is 0 Å².